The number of nitrogens with one attached hydrogen (secondary N) is 1. The van der Waals surface area contributed by atoms with Gasteiger partial charge in [-0.05, 0) is 25.3 Å². The fraction of sp³-hybridized carbons (Fsp3) is 0.964. The Bertz CT molecular complexity index is 1090. The molecule has 9 nitrogen and oxygen atoms in total. The van der Waals surface area contributed by atoms with Crippen molar-refractivity contribution in [2.45, 2.75) is 314 Å². The third kappa shape index (κ3) is 36.0. The third-order valence-electron chi connectivity index (χ3n) is 14.0. The molecule has 1 saturated heterocycles. The van der Waals surface area contributed by atoms with Gasteiger partial charge in [-0.2, -0.15) is 0 Å². The zero-order chi connectivity index (χ0) is 48.4. The summed E-state index contributed by atoms with van der Waals surface area (Å²) in [6.07, 6.45) is 40.5. The zero-order valence-electron chi connectivity index (χ0n) is 44.5. The molecule has 0 unspecified atom stereocenters. The minimum atomic E-state index is -1.26. The highest BCUT2D eigenvalue weighted by atomic mass is 28.3. The normalized spacial score (nSPS) is 18.7. The van der Waals surface area contributed by atoms with E-state index in [9.17, 15) is 19.8 Å². The Morgan fingerprint density at radius 2 is 1.00 bits per heavy atom. The van der Waals surface area contributed by atoms with Gasteiger partial charge in [0.05, 0.1) is 37.7 Å². The maximum absolute atomic E-state index is 14.1. The van der Waals surface area contributed by atoms with Crippen LogP contribution in [0.3, 0.4) is 0 Å². The van der Waals surface area contributed by atoms with Crippen LogP contribution in [-0.2, 0) is 28.5 Å². The number of esters is 1. The van der Waals surface area contributed by atoms with Gasteiger partial charge in [-0.1, -0.05) is 252 Å². The van der Waals surface area contributed by atoms with E-state index in [-0.39, 0.29) is 43.7 Å². The van der Waals surface area contributed by atoms with Gasteiger partial charge in [0.2, 0.25) is 5.91 Å². The average Bonchev–Trinajstić information content (AvgIpc) is 3.28. The Kier molecular flexibility index (Phi) is 41.9. The number of unbranched alkanes of at least 4 members (excludes halogenated alkanes) is 30. The third-order valence-corrected chi connectivity index (χ3v) is 15.7. The predicted molar refractivity (Wildman–Crippen MR) is 280 cm³/mol. The lowest BCUT2D eigenvalue weighted by molar-refractivity contribution is -0.194. The van der Waals surface area contributed by atoms with E-state index in [1.165, 1.54) is 173 Å². The molecule has 1 aliphatic rings. The first-order valence-electron chi connectivity index (χ1n) is 28.7. The summed E-state index contributed by atoms with van der Waals surface area (Å²) >= 11 is 0. The fourth-order valence-electron chi connectivity index (χ4n) is 9.36. The minimum absolute atomic E-state index is 0.0392. The first kappa shape index (κ1) is 63.0. The molecule has 1 amide bonds. The number of aliphatic hydroxyl groups is 2. The number of aliphatic hydroxyl groups excluding tert-OH is 2. The molecule has 1 aliphatic heterocycles. The SMILES string of the molecule is CCCCCCCCCCCCCCCC[C@H](CCCCCCCCCC)C(=O)O[C@H]1[C@H](O)[C@@H](CO)OC[C@H]1NC(=O)C[C@H](CCCCCCCCCCCCC)OCOCC[Si](C)(C)C. The second-order valence-corrected chi connectivity index (χ2v) is 27.2. The van der Waals surface area contributed by atoms with Gasteiger partial charge in [-0.3, -0.25) is 9.59 Å². The number of carbonyl (C=O) groups is 2. The van der Waals surface area contributed by atoms with Crippen LogP contribution in [0.2, 0.25) is 25.7 Å². The molecular formula is C56H111NO8Si. The Hall–Kier alpha value is -1.04. The molecule has 66 heavy (non-hydrogen) atoms. The van der Waals surface area contributed by atoms with Gasteiger partial charge >= 0.3 is 5.97 Å². The number of amides is 1. The Morgan fingerprint density at radius 3 is 1.39 bits per heavy atom. The molecule has 0 saturated carbocycles. The highest BCUT2D eigenvalue weighted by Gasteiger charge is 2.43. The maximum Gasteiger partial charge on any atom is 0.309 e. The summed E-state index contributed by atoms with van der Waals surface area (Å²) in [5, 5.41) is 24.5. The van der Waals surface area contributed by atoms with Crippen LogP contribution in [0.25, 0.3) is 0 Å². The van der Waals surface area contributed by atoms with E-state index in [0.717, 1.165) is 63.8 Å². The quantitative estimate of drug-likeness (QED) is 0.0238. The molecule has 0 aromatic heterocycles. The van der Waals surface area contributed by atoms with E-state index in [4.69, 9.17) is 18.9 Å². The summed E-state index contributed by atoms with van der Waals surface area (Å²) in [5.74, 6) is -0.791. The molecule has 0 radical (unpaired) electrons. The standard InChI is InChI=1S/C56H111NO8Si/c1-7-10-13-16-19-22-24-25-26-28-29-32-35-38-41-49(40-37-34-31-21-18-15-12-9-3)56(61)65-55-51(47-63-52(46-58)54(55)60)57-53(59)45-50(64-48-62-43-44-66(4,5)6)42-39-36-33-30-27-23-20-17-14-11-8-2/h49-52,54-55,58,60H,7-48H2,1-6H3,(H,57,59)/t49-,50-,51+,52+,54+,55+/m0/s1. The lowest BCUT2D eigenvalue weighted by atomic mass is 9.93. The number of hydrogen-bond acceptors (Lipinski definition) is 8. The number of carbonyl (C=O) groups excluding carboxylic acids is 2. The molecule has 1 heterocycles. The Labute approximate surface area is 409 Å². The van der Waals surface area contributed by atoms with Gasteiger partial charge in [0.1, 0.15) is 19.0 Å². The molecule has 3 N–H and O–H groups in total. The minimum Gasteiger partial charge on any atom is -0.457 e. The summed E-state index contributed by atoms with van der Waals surface area (Å²) in [7, 11) is -1.24. The monoisotopic (exact) mass is 954 g/mol. The van der Waals surface area contributed by atoms with Crippen molar-refractivity contribution < 1.29 is 38.7 Å². The molecule has 1 fully saturated rings. The van der Waals surface area contributed by atoms with E-state index in [0.29, 0.717) is 6.61 Å². The highest BCUT2D eigenvalue weighted by molar-refractivity contribution is 6.76. The maximum atomic E-state index is 14.1. The van der Waals surface area contributed by atoms with Crippen molar-refractivity contribution >= 4 is 20.0 Å². The van der Waals surface area contributed by atoms with E-state index < -0.39 is 39.0 Å². The predicted octanol–water partition coefficient (Wildman–Crippen LogP) is 14.9. The van der Waals surface area contributed by atoms with Crippen molar-refractivity contribution in [3.05, 3.63) is 0 Å². The summed E-state index contributed by atoms with van der Waals surface area (Å²) < 4.78 is 24.1. The van der Waals surface area contributed by atoms with Crippen molar-refractivity contribution in [1.29, 1.82) is 0 Å². The van der Waals surface area contributed by atoms with Gasteiger partial charge in [0.15, 0.2) is 6.10 Å². The average molecular weight is 955 g/mol. The number of rotatable bonds is 48. The Morgan fingerprint density at radius 1 is 0.606 bits per heavy atom. The van der Waals surface area contributed by atoms with Crippen LogP contribution in [0.4, 0.5) is 0 Å². The van der Waals surface area contributed by atoms with Crippen LogP contribution in [0.1, 0.15) is 258 Å². The molecule has 0 spiro atoms. The summed E-state index contributed by atoms with van der Waals surface area (Å²) in [5.41, 5.74) is 0. The smallest absolute Gasteiger partial charge is 0.309 e. The van der Waals surface area contributed by atoms with Crippen molar-refractivity contribution in [2.75, 3.05) is 26.6 Å². The van der Waals surface area contributed by atoms with Crippen LogP contribution in [-0.4, -0.2) is 87.2 Å². The molecule has 392 valence electrons. The second kappa shape index (κ2) is 43.9. The fourth-order valence-corrected chi connectivity index (χ4v) is 10.1. The number of hydrogen-bond donors (Lipinski definition) is 3. The zero-order valence-corrected chi connectivity index (χ0v) is 45.5. The van der Waals surface area contributed by atoms with E-state index >= 15 is 0 Å². The van der Waals surface area contributed by atoms with Crippen molar-refractivity contribution in [3.63, 3.8) is 0 Å². The molecule has 10 heteroatoms. The topological polar surface area (TPSA) is 124 Å². The van der Waals surface area contributed by atoms with Crippen molar-refractivity contribution in [2.24, 2.45) is 5.92 Å². The molecule has 1 rings (SSSR count). The van der Waals surface area contributed by atoms with E-state index in [1.807, 2.05) is 0 Å². The van der Waals surface area contributed by atoms with Crippen LogP contribution >= 0.6 is 0 Å². The van der Waals surface area contributed by atoms with Gasteiger partial charge in [-0.15, -0.1) is 0 Å². The van der Waals surface area contributed by atoms with Crippen LogP contribution in [0.15, 0.2) is 0 Å². The lowest BCUT2D eigenvalue weighted by Crippen LogP contribution is -2.61. The van der Waals surface area contributed by atoms with Crippen LogP contribution < -0.4 is 5.32 Å². The van der Waals surface area contributed by atoms with Crippen molar-refractivity contribution in [3.8, 4) is 0 Å². The van der Waals surface area contributed by atoms with Crippen molar-refractivity contribution in [1.82, 2.24) is 5.32 Å². The van der Waals surface area contributed by atoms with E-state index in [2.05, 4.69) is 45.7 Å². The van der Waals surface area contributed by atoms with Crippen LogP contribution in [0.5, 0.6) is 0 Å². The van der Waals surface area contributed by atoms with Crippen LogP contribution in [0, 0.1) is 5.92 Å². The lowest BCUT2D eigenvalue weighted by Gasteiger charge is -2.40. The van der Waals surface area contributed by atoms with Gasteiger partial charge < -0.3 is 34.5 Å². The van der Waals surface area contributed by atoms with Gasteiger partial charge in [-0.25, -0.2) is 0 Å². The van der Waals surface area contributed by atoms with Gasteiger partial charge in [0, 0.05) is 14.7 Å². The second-order valence-electron chi connectivity index (χ2n) is 21.6. The summed E-state index contributed by atoms with van der Waals surface area (Å²) in [6.45, 7) is 14.2. The van der Waals surface area contributed by atoms with Gasteiger partial charge in [0.25, 0.3) is 0 Å². The molecular weight excluding hydrogens is 843 g/mol. The summed E-state index contributed by atoms with van der Waals surface area (Å²) in [6, 6.07) is 0.318. The first-order chi connectivity index (χ1) is 32.1. The number of ether oxygens (including phenoxy) is 4. The molecule has 6 atom stereocenters. The molecule has 0 aliphatic carbocycles. The largest absolute Gasteiger partial charge is 0.457 e. The Balaban J connectivity index is 2.82. The molecule has 0 bridgehead atoms. The molecule has 0 aromatic carbocycles. The summed E-state index contributed by atoms with van der Waals surface area (Å²) in [4.78, 5) is 27.9. The molecule has 0 aromatic rings. The first-order valence-corrected chi connectivity index (χ1v) is 32.4. The van der Waals surface area contributed by atoms with E-state index in [1.54, 1.807) is 0 Å². The highest BCUT2D eigenvalue weighted by Crippen LogP contribution is 2.26.